The first-order chi connectivity index (χ1) is 7.99. The summed E-state index contributed by atoms with van der Waals surface area (Å²) >= 11 is 0. The molecule has 0 unspecified atom stereocenters. The second kappa shape index (κ2) is 4.16. The van der Waals surface area contributed by atoms with Crippen molar-refractivity contribution in [3.05, 3.63) is 36.0 Å². The van der Waals surface area contributed by atoms with E-state index < -0.39 is 11.6 Å². The molecular weight excluding hydrogens is 224 g/mol. The molecule has 0 amide bonds. The quantitative estimate of drug-likeness (QED) is 0.872. The molecule has 1 aromatic heterocycles. The van der Waals surface area contributed by atoms with Crippen molar-refractivity contribution in [2.24, 2.45) is 0 Å². The van der Waals surface area contributed by atoms with Crippen LogP contribution in [0.2, 0.25) is 0 Å². The number of benzene rings is 1. The fourth-order valence-electron chi connectivity index (χ4n) is 1.54. The zero-order valence-electron chi connectivity index (χ0n) is 9.61. The van der Waals surface area contributed by atoms with Crippen LogP contribution in [0.5, 0.6) is 0 Å². The summed E-state index contributed by atoms with van der Waals surface area (Å²) in [5.74, 6) is -1.78. The van der Waals surface area contributed by atoms with Crippen molar-refractivity contribution in [3.63, 3.8) is 0 Å². The second-order valence-electron chi connectivity index (χ2n) is 4.14. The number of rotatable bonds is 2. The summed E-state index contributed by atoms with van der Waals surface area (Å²) in [5.41, 5.74) is 7.19. The van der Waals surface area contributed by atoms with Crippen LogP contribution in [0.25, 0.3) is 11.3 Å². The van der Waals surface area contributed by atoms with Gasteiger partial charge in [-0.2, -0.15) is 5.10 Å². The molecule has 2 N–H and O–H groups in total. The minimum atomic E-state index is -0.902. The van der Waals surface area contributed by atoms with Crippen LogP contribution >= 0.6 is 0 Å². The van der Waals surface area contributed by atoms with Gasteiger partial charge in [-0.05, 0) is 32.0 Å². The Hall–Kier alpha value is -1.91. The van der Waals surface area contributed by atoms with Crippen LogP contribution in [0.4, 0.5) is 14.5 Å². The van der Waals surface area contributed by atoms with E-state index in [1.54, 1.807) is 10.9 Å². The minimum Gasteiger partial charge on any atom is -0.396 e. The molecule has 5 heteroatoms. The Kier molecular flexibility index (Phi) is 2.83. The standard InChI is InChI=1S/C12H13F2N3/c1-7(2)17-6-11(15)12(16-17)8-3-4-9(13)10(14)5-8/h3-7H,15H2,1-2H3. The van der Waals surface area contributed by atoms with Gasteiger partial charge in [0.25, 0.3) is 0 Å². The van der Waals surface area contributed by atoms with Gasteiger partial charge >= 0.3 is 0 Å². The fourth-order valence-corrected chi connectivity index (χ4v) is 1.54. The minimum absolute atomic E-state index is 0.163. The molecule has 3 nitrogen and oxygen atoms in total. The van der Waals surface area contributed by atoms with Gasteiger partial charge < -0.3 is 5.73 Å². The normalized spacial score (nSPS) is 11.1. The third kappa shape index (κ3) is 2.13. The molecule has 0 bridgehead atoms. The van der Waals surface area contributed by atoms with Crippen LogP contribution in [0.3, 0.4) is 0 Å². The highest BCUT2D eigenvalue weighted by atomic mass is 19.2. The average molecular weight is 237 g/mol. The molecule has 0 fully saturated rings. The van der Waals surface area contributed by atoms with Gasteiger partial charge in [0.1, 0.15) is 5.69 Å². The molecule has 0 atom stereocenters. The Labute approximate surface area is 97.9 Å². The first-order valence-corrected chi connectivity index (χ1v) is 5.29. The zero-order valence-corrected chi connectivity index (χ0v) is 9.61. The van der Waals surface area contributed by atoms with Gasteiger partial charge in [0, 0.05) is 17.8 Å². The number of hydrogen-bond donors (Lipinski definition) is 1. The Morgan fingerprint density at radius 2 is 1.94 bits per heavy atom. The van der Waals surface area contributed by atoms with Crippen LogP contribution in [0.15, 0.2) is 24.4 Å². The van der Waals surface area contributed by atoms with E-state index in [2.05, 4.69) is 5.10 Å². The SMILES string of the molecule is CC(C)n1cc(N)c(-c2ccc(F)c(F)c2)n1. The summed E-state index contributed by atoms with van der Waals surface area (Å²) in [7, 11) is 0. The molecule has 1 aromatic carbocycles. The number of anilines is 1. The van der Waals surface area contributed by atoms with E-state index in [4.69, 9.17) is 5.73 Å². The van der Waals surface area contributed by atoms with Gasteiger partial charge in [-0.3, -0.25) is 4.68 Å². The van der Waals surface area contributed by atoms with Gasteiger partial charge in [0.15, 0.2) is 11.6 Å². The predicted octanol–water partition coefficient (Wildman–Crippen LogP) is 2.99. The smallest absolute Gasteiger partial charge is 0.159 e. The van der Waals surface area contributed by atoms with Crippen molar-refractivity contribution < 1.29 is 8.78 Å². The molecule has 0 spiro atoms. The summed E-state index contributed by atoms with van der Waals surface area (Å²) in [6.07, 6.45) is 1.68. The average Bonchev–Trinajstić information content (AvgIpc) is 2.65. The topological polar surface area (TPSA) is 43.8 Å². The van der Waals surface area contributed by atoms with E-state index in [1.807, 2.05) is 13.8 Å². The van der Waals surface area contributed by atoms with Gasteiger partial charge in [-0.1, -0.05) is 0 Å². The number of hydrogen-bond acceptors (Lipinski definition) is 2. The van der Waals surface area contributed by atoms with E-state index >= 15 is 0 Å². The summed E-state index contributed by atoms with van der Waals surface area (Å²) in [6, 6.07) is 3.79. The van der Waals surface area contributed by atoms with Crippen LogP contribution in [-0.2, 0) is 0 Å². The van der Waals surface area contributed by atoms with Crippen molar-refractivity contribution in [1.82, 2.24) is 9.78 Å². The summed E-state index contributed by atoms with van der Waals surface area (Å²) in [5, 5.41) is 4.25. The van der Waals surface area contributed by atoms with E-state index in [0.29, 0.717) is 16.9 Å². The number of nitrogens with two attached hydrogens (primary N) is 1. The fraction of sp³-hybridized carbons (Fsp3) is 0.250. The lowest BCUT2D eigenvalue weighted by molar-refractivity contribution is 0.508. The van der Waals surface area contributed by atoms with Gasteiger partial charge in [-0.15, -0.1) is 0 Å². The Balaban J connectivity index is 2.49. The van der Waals surface area contributed by atoms with Crippen LogP contribution in [-0.4, -0.2) is 9.78 Å². The summed E-state index contributed by atoms with van der Waals surface area (Å²) in [4.78, 5) is 0. The van der Waals surface area contributed by atoms with Crippen molar-refractivity contribution in [3.8, 4) is 11.3 Å². The molecule has 0 saturated heterocycles. The lowest BCUT2D eigenvalue weighted by Crippen LogP contribution is -2.00. The van der Waals surface area contributed by atoms with E-state index in [9.17, 15) is 8.78 Å². The largest absolute Gasteiger partial charge is 0.396 e. The molecule has 0 aliphatic heterocycles. The third-order valence-electron chi connectivity index (χ3n) is 2.48. The third-order valence-corrected chi connectivity index (χ3v) is 2.48. The van der Waals surface area contributed by atoms with Crippen molar-refractivity contribution in [2.45, 2.75) is 19.9 Å². The predicted molar refractivity (Wildman–Crippen MR) is 62.4 cm³/mol. The molecule has 2 aromatic rings. The van der Waals surface area contributed by atoms with E-state index in [-0.39, 0.29) is 6.04 Å². The number of nitrogens with zero attached hydrogens (tertiary/aromatic N) is 2. The Bertz CT molecular complexity index is 547. The number of halogens is 2. The molecule has 90 valence electrons. The molecule has 17 heavy (non-hydrogen) atoms. The molecule has 0 saturated carbocycles. The Morgan fingerprint density at radius 3 is 2.47 bits per heavy atom. The molecule has 0 radical (unpaired) electrons. The highest BCUT2D eigenvalue weighted by Crippen LogP contribution is 2.26. The molecule has 2 rings (SSSR count). The maximum atomic E-state index is 13.1. The summed E-state index contributed by atoms with van der Waals surface area (Å²) in [6.45, 7) is 3.92. The maximum absolute atomic E-state index is 13.1. The highest BCUT2D eigenvalue weighted by Gasteiger charge is 2.12. The van der Waals surface area contributed by atoms with Crippen LogP contribution < -0.4 is 5.73 Å². The van der Waals surface area contributed by atoms with Crippen molar-refractivity contribution >= 4 is 5.69 Å². The van der Waals surface area contributed by atoms with Crippen LogP contribution in [0, 0.1) is 11.6 Å². The first-order valence-electron chi connectivity index (χ1n) is 5.29. The number of aromatic nitrogens is 2. The monoisotopic (exact) mass is 237 g/mol. The zero-order chi connectivity index (χ0) is 12.6. The van der Waals surface area contributed by atoms with Crippen molar-refractivity contribution in [2.75, 3.05) is 5.73 Å². The molecular formula is C12H13F2N3. The second-order valence-corrected chi connectivity index (χ2v) is 4.14. The highest BCUT2D eigenvalue weighted by molar-refractivity contribution is 5.71. The lowest BCUT2D eigenvalue weighted by atomic mass is 10.1. The van der Waals surface area contributed by atoms with Gasteiger partial charge in [0.2, 0.25) is 0 Å². The lowest BCUT2D eigenvalue weighted by Gasteiger charge is -2.03. The Morgan fingerprint density at radius 1 is 1.24 bits per heavy atom. The maximum Gasteiger partial charge on any atom is 0.159 e. The van der Waals surface area contributed by atoms with Gasteiger partial charge in [0.05, 0.1) is 5.69 Å². The molecule has 1 heterocycles. The van der Waals surface area contributed by atoms with Crippen LogP contribution in [0.1, 0.15) is 19.9 Å². The number of nitrogen functional groups attached to an aromatic ring is 1. The first kappa shape index (κ1) is 11.6. The molecule has 0 aliphatic carbocycles. The van der Waals surface area contributed by atoms with E-state index in [0.717, 1.165) is 12.1 Å². The van der Waals surface area contributed by atoms with Gasteiger partial charge in [-0.25, -0.2) is 8.78 Å². The summed E-state index contributed by atoms with van der Waals surface area (Å²) < 4.78 is 27.6. The van der Waals surface area contributed by atoms with Crippen molar-refractivity contribution in [1.29, 1.82) is 0 Å². The van der Waals surface area contributed by atoms with E-state index in [1.165, 1.54) is 6.07 Å². The molecule has 0 aliphatic rings.